The summed E-state index contributed by atoms with van der Waals surface area (Å²) in [6, 6.07) is 0. The van der Waals surface area contributed by atoms with E-state index in [1.54, 1.807) is 0 Å². The minimum atomic E-state index is -0.428. The zero-order chi connectivity index (χ0) is 19.4. The molecule has 0 atom stereocenters. The Balaban J connectivity index is 1.76. The molecule has 2 heterocycles. The highest BCUT2D eigenvalue weighted by molar-refractivity contribution is 8.00. The highest BCUT2D eigenvalue weighted by Gasteiger charge is 2.30. The van der Waals surface area contributed by atoms with E-state index in [1.165, 1.54) is 0 Å². The van der Waals surface area contributed by atoms with Crippen LogP contribution in [0.4, 0.5) is 4.79 Å². The Kier molecular flexibility index (Phi) is 7.11. The van der Waals surface area contributed by atoms with Crippen molar-refractivity contribution < 1.29 is 9.53 Å². The molecule has 2 saturated heterocycles. The molecular weight excluding hydrogens is 348 g/mol. The van der Waals surface area contributed by atoms with E-state index in [9.17, 15) is 4.79 Å². The summed E-state index contributed by atoms with van der Waals surface area (Å²) in [6.07, 6.45) is 1.82. The van der Waals surface area contributed by atoms with Crippen LogP contribution < -0.4 is 5.32 Å². The van der Waals surface area contributed by atoms with E-state index in [0.29, 0.717) is 5.92 Å². The van der Waals surface area contributed by atoms with Crippen molar-refractivity contribution in [2.24, 2.45) is 10.9 Å². The molecule has 1 amide bonds. The summed E-state index contributed by atoms with van der Waals surface area (Å²) in [5.74, 6) is 2.72. The number of hydrogen-bond donors (Lipinski definition) is 1. The van der Waals surface area contributed by atoms with Crippen LogP contribution in [0.25, 0.3) is 0 Å². The second-order valence-electron chi connectivity index (χ2n) is 8.87. The van der Waals surface area contributed by atoms with Crippen LogP contribution in [0.1, 0.15) is 47.5 Å². The molecule has 6 nitrogen and oxygen atoms in total. The zero-order valence-corrected chi connectivity index (χ0v) is 18.1. The quantitative estimate of drug-likeness (QED) is 0.586. The van der Waals surface area contributed by atoms with Crippen molar-refractivity contribution in [3.05, 3.63) is 0 Å². The predicted octanol–water partition coefficient (Wildman–Crippen LogP) is 3.04. The van der Waals surface area contributed by atoms with E-state index in [4.69, 9.17) is 4.74 Å². The average Bonchev–Trinajstić information content (AvgIpc) is 2.53. The molecule has 0 unspecified atom stereocenters. The molecule has 2 aliphatic heterocycles. The van der Waals surface area contributed by atoms with Crippen LogP contribution in [0, 0.1) is 5.92 Å². The van der Waals surface area contributed by atoms with Crippen molar-refractivity contribution in [3.63, 3.8) is 0 Å². The van der Waals surface area contributed by atoms with Gasteiger partial charge in [-0.25, -0.2) is 4.79 Å². The lowest BCUT2D eigenvalue weighted by Gasteiger charge is -2.40. The topological polar surface area (TPSA) is 57.2 Å². The number of amides is 1. The van der Waals surface area contributed by atoms with E-state index in [2.05, 4.69) is 29.1 Å². The number of ether oxygens (including phenoxy) is 1. The van der Waals surface area contributed by atoms with E-state index in [1.807, 2.05) is 44.5 Å². The van der Waals surface area contributed by atoms with Crippen molar-refractivity contribution in [1.82, 2.24) is 15.1 Å². The minimum absolute atomic E-state index is 0.187. The van der Waals surface area contributed by atoms with Gasteiger partial charge in [0.2, 0.25) is 0 Å². The van der Waals surface area contributed by atoms with E-state index >= 15 is 0 Å². The van der Waals surface area contributed by atoms with Gasteiger partial charge in [-0.05, 0) is 53.4 Å². The molecule has 7 heteroatoms. The third-order valence-corrected chi connectivity index (χ3v) is 6.05. The molecule has 2 aliphatic rings. The molecule has 0 spiro atoms. The molecule has 1 N–H and O–H groups in total. The average molecular weight is 385 g/mol. The molecule has 0 saturated carbocycles. The van der Waals surface area contributed by atoms with Crippen molar-refractivity contribution in [2.75, 3.05) is 45.5 Å². The first-order chi connectivity index (χ1) is 12.1. The number of nitrogens with zero attached hydrogens (tertiary/aromatic N) is 3. The normalized spacial score (nSPS) is 22.3. The SMILES string of the molecule is CN=C(NCC1CCN(C(=O)OC(C)(C)C)CC1)N1CCSC(C)(C)C1. The lowest BCUT2D eigenvalue weighted by molar-refractivity contribution is 0.0185. The summed E-state index contributed by atoms with van der Waals surface area (Å²) in [5.41, 5.74) is -0.428. The number of nitrogens with one attached hydrogen (secondary N) is 1. The predicted molar refractivity (Wildman–Crippen MR) is 110 cm³/mol. The fourth-order valence-corrected chi connectivity index (χ4v) is 4.52. The van der Waals surface area contributed by atoms with E-state index in [0.717, 1.165) is 57.3 Å². The van der Waals surface area contributed by atoms with Crippen LogP contribution in [0.15, 0.2) is 4.99 Å². The second-order valence-corrected chi connectivity index (χ2v) is 10.7. The molecule has 2 fully saturated rings. The van der Waals surface area contributed by atoms with Gasteiger partial charge in [0.15, 0.2) is 5.96 Å². The number of thioether (sulfide) groups is 1. The maximum Gasteiger partial charge on any atom is 0.410 e. The summed E-state index contributed by atoms with van der Waals surface area (Å²) in [6.45, 7) is 14.8. The fourth-order valence-electron chi connectivity index (χ4n) is 3.41. The van der Waals surface area contributed by atoms with E-state index in [-0.39, 0.29) is 10.8 Å². The fraction of sp³-hybridized carbons (Fsp3) is 0.895. The molecule has 0 aliphatic carbocycles. The zero-order valence-electron chi connectivity index (χ0n) is 17.3. The Morgan fingerprint density at radius 1 is 1.23 bits per heavy atom. The number of guanidine groups is 1. The maximum atomic E-state index is 12.2. The molecule has 150 valence electrons. The van der Waals surface area contributed by atoms with Gasteiger partial charge in [0, 0.05) is 50.3 Å². The van der Waals surface area contributed by atoms with Crippen molar-refractivity contribution in [2.45, 2.75) is 57.8 Å². The first-order valence-corrected chi connectivity index (χ1v) is 10.7. The van der Waals surface area contributed by atoms with Gasteiger partial charge in [-0.2, -0.15) is 11.8 Å². The third-order valence-electron chi connectivity index (χ3n) is 4.75. The second kappa shape index (κ2) is 8.72. The van der Waals surface area contributed by atoms with Crippen LogP contribution in [-0.2, 0) is 4.74 Å². The first-order valence-electron chi connectivity index (χ1n) is 9.67. The standard InChI is InChI=1S/C19H36N4O2S/c1-18(2,3)25-17(24)22-9-7-15(8-10-22)13-21-16(20-6)23-11-12-26-19(4,5)14-23/h15H,7-14H2,1-6H3,(H,20,21). The van der Waals surface area contributed by atoms with Crippen LogP contribution in [0.5, 0.6) is 0 Å². The van der Waals surface area contributed by atoms with Crippen LogP contribution in [0.3, 0.4) is 0 Å². The molecule has 0 bridgehead atoms. The first kappa shape index (κ1) is 21.2. The van der Waals surface area contributed by atoms with Gasteiger partial charge in [0.25, 0.3) is 0 Å². The van der Waals surface area contributed by atoms with Crippen LogP contribution in [-0.4, -0.2) is 77.7 Å². The van der Waals surface area contributed by atoms with Gasteiger partial charge in [0.1, 0.15) is 5.60 Å². The van der Waals surface area contributed by atoms with Gasteiger partial charge in [-0.3, -0.25) is 4.99 Å². The number of rotatable bonds is 2. The van der Waals surface area contributed by atoms with Crippen molar-refractivity contribution in [1.29, 1.82) is 0 Å². The van der Waals surface area contributed by atoms with Gasteiger partial charge < -0.3 is 19.9 Å². The number of piperidine rings is 1. The Bertz CT molecular complexity index is 508. The third kappa shape index (κ3) is 6.56. The summed E-state index contributed by atoms with van der Waals surface area (Å²) in [4.78, 5) is 20.8. The molecule has 0 radical (unpaired) electrons. The lowest BCUT2D eigenvalue weighted by atomic mass is 9.97. The Labute approximate surface area is 163 Å². The number of carbonyl (C=O) groups excluding carboxylic acids is 1. The molecule has 0 aromatic rings. The Hall–Kier alpha value is -1.11. The van der Waals surface area contributed by atoms with Crippen LogP contribution >= 0.6 is 11.8 Å². The number of carbonyl (C=O) groups is 1. The maximum absolute atomic E-state index is 12.2. The molecule has 26 heavy (non-hydrogen) atoms. The molecular formula is C19H36N4O2S. The number of hydrogen-bond acceptors (Lipinski definition) is 4. The highest BCUT2D eigenvalue weighted by Crippen LogP contribution is 2.29. The monoisotopic (exact) mass is 384 g/mol. The number of likely N-dealkylation sites (tertiary alicyclic amines) is 1. The lowest BCUT2D eigenvalue weighted by Crippen LogP contribution is -2.52. The van der Waals surface area contributed by atoms with Crippen molar-refractivity contribution in [3.8, 4) is 0 Å². The van der Waals surface area contributed by atoms with E-state index < -0.39 is 5.60 Å². The highest BCUT2D eigenvalue weighted by atomic mass is 32.2. The Morgan fingerprint density at radius 3 is 2.42 bits per heavy atom. The van der Waals surface area contributed by atoms with Gasteiger partial charge in [-0.1, -0.05) is 0 Å². The van der Waals surface area contributed by atoms with Gasteiger partial charge in [0.05, 0.1) is 0 Å². The Morgan fingerprint density at radius 2 is 1.88 bits per heavy atom. The summed E-state index contributed by atoms with van der Waals surface area (Å²) in [7, 11) is 1.86. The van der Waals surface area contributed by atoms with Crippen LogP contribution in [0.2, 0.25) is 0 Å². The molecule has 0 aromatic heterocycles. The minimum Gasteiger partial charge on any atom is -0.444 e. The summed E-state index contributed by atoms with van der Waals surface area (Å²) >= 11 is 2.03. The van der Waals surface area contributed by atoms with Gasteiger partial charge in [-0.15, -0.1) is 0 Å². The summed E-state index contributed by atoms with van der Waals surface area (Å²) < 4.78 is 5.74. The molecule has 0 aromatic carbocycles. The summed E-state index contributed by atoms with van der Waals surface area (Å²) in [5, 5.41) is 3.56. The van der Waals surface area contributed by atoms with Crippen molar-refractivity contribution >= 4 is 23.8 Å². The smallest absolute Gasteiger partial charge is 0.410 e. The largest absolute Gasteiger partial charge is 0.444 e. The molecule has 2 rings (SSSR count). The van der Waals surface area contributed by atoms with Gasteiger partial charge >= 0.3 is 6.09 Å². The number of aliphatic imine (C=N–C) groups is 1.